The summed E-state index contributed by atoms with van der Waals surface area (Å²) in [6, 6.07) is 1.17. The van der Waals surface area contributed by atoms with Gasteiger partial charge in [-0.05, 0) is 0 Å². The molecule has 0 aliphatic carbocycles. The lowest BCUT2D eigenvalue weighted by atomic mass is 10.6. The minimum Gasteiger partial charge on any atom is -0.266 e. The Hall–Kier alpha value is -0.930. The zero-order valence-corrected chi connectivity index (χ0v) is 10.5. The molecule has 0 spiro atoms. The molecule has 10 heteroatoms. The predicted molar refractivity (Wildman–Crippen MR) is 59.3 cm³/mol. The molecule has 0 saturated carbocycles. The number of aromatic nitrogens is 2. The van der Waals surface area contributed by atoms with E-state index in [0.717, 1.165) is 12.6 Å². The topological polar surface area (TPSA) is 106 Å². The van der Waals surface area contributed by atoms with Gasteiger partial charge in [-0.15, -0.1) is 0 Å². The number of hydrogen-bond acceptors (Lipinski definition) is 6. The van der Waals surface area contributed by atoms with Gasteiger partial charge in [0.05, 0.1) is 0 Å². The van der Waals surface area contributed by atoms with Crippen LogP contribution in [0.4, 0.5) is 5.82 Å². The van der Waals surface area contributed by atoms with E-state index < -0.39 is 24.9 Å². The first kappa shape index (κ1) is 13.1. The summed E-state index contributed by atoms with van der Waals surface area (Å²) in [5.74, 6) is -0.0800. The van der Waals surface area contributed by atoms with Gasteiger partial charge >= 0.3 is 0 Å². The molecule has 0 fully saturated rings. The Morgan fingerprint density at radius 2 is 1.94 bits per heavy atom. The van der Waals surface area contributed by atoms with Crippen LogP contribution in [0.2, 0.25) is 5.15 Å². The Bertz CT molecular complexity index is 584. The molecule has 1 aromatic rings. The van der Waals surface area contributed by atoms with E-state index >= 15 is 0 Å². The number of nitrogens with one attached hydrogen (secondary N) is 1. The molecule has 0 unspecified atom stereocenters. The highest BCUT2D eigenvalue weighted by Crippen LogP contribution is 2.10. The Morgan fingerprint density at radius 1 is 1.31 bits per heavy atom. The van der Waals surface area contributed by atoms with Crippen LogP contribution in [0.3, 0.4) is 0 Å². The highest BCUT2D eigenvalue weighted by atomic mass is 35.5. The summed E-state index contributed by atoms with van der Waals surface area (Å²) in [6.07, 6.45) is 1.87. The van der Waals surface area contributed by atoms with Crippen LogP contribution in [0.5, 0.6) is 0 Å². The van der Waals surface area contributed by atoms with Crippen LogP contribution in [0, 0.1) is 0 Å². The van der Waals surface area contributed by atoms with Crippen molar-refractivity contribution in [2.45, 2.75) is 0 Å². The van der Waals surface area contributed by atoms with E-state index in [1.165, 1.54) is 6.07 Å². The summed E-state index contributed by atoms with van der Waals surface area (Å²) in [4.78, 5) is 7.12. The first-order valence-corrected chi connectivity index (χ1v) is 7.93. The zero-order valence-electron chi connectivity index (χ0n) is 8.08. The molecule has 0 aliphatic rings. The molecule has 0 aliphatic heterocycles. The van der Waals surface area contributed by atoms with Crippen LogP contribution >= 0.6 is 11.6 Å². The van der Waals surface area contributed by atoms with Gasteiger partial charge in [-0.2, -0.15) is 0 Å². The van der Waals surface area contributed by atoms with Crippen molar-refractivity contribution in [3.05, 3.63) is 17.5 Å². The van der Waals surface area contributed by atoms with E-state index in [9.17, 15) is 16.8 Å². The van der Waals surface area contributed by atoms with Crippen molar-refractivity contribution in [2.24, 2.45) is 0 Å². The summed E-state index contributed by atoms with van der Waals surface area (Å²) in [6.45, 7) is 0. The van der Waals surface area contributed by atoms with Gasteiger partial charge in [0.2, 0.25) is 10.0 Å². The quantitative estimate of drug-likeness (QED) is 0.773. The molecule has 0 amide bonds. The van der Waals surface area contributed by atoms with Crippen LogP contribution in [-0.4, -0.2) is 38.1 Å². The average Bonchev–Trinajstić information content (AvgIpc) is 1.96. The second kappa shape index (κ2) is 4.52. The lowest BCUT2D eigenvalue weighted by Gasteiger charge is -2.05. The monoisotopic (exact) mass is 285 g/mol. The van der Waals surface area contributed by atoms with Crippen molar-refractivity contribution in [3.63, 3.8) is 0 Å². The number of anilines is 1. The van der Waals surface area contributed by atoms with Crippen LogP contribution in [0.15, 0.2) is 12.4 Å². The number of sulfone groups is 1. The molecule has 7 nitrogen and oxygen atoms in total. The van der Waals surface area contributed by atoms with Crippen molar-refractivity contribution in [3.8, 4) is 0 Å². The summed E-state index contributed by atoms with van der Waals surface area (Å²) in [5, 5.41) is -0.964. The molecule has 1 rings (SSSR count). The Kier molecular flexibility index (Phi) is 3.71. The standard InChI is InChI=1S/C6H8ClN3O4S2/c1-15(11,12)4-16(13,14)10-6-2-5(7)8-3-9-6/h2-3H,4H2,1H3,(H,8,9,10). The van der Waals surface area contributed by atoms with Crippen molar-refractivity contribution < 1.29 is 16.8 Å². The smallest absolute Gasteiger partial charge is 0.248 e. The number of hydrogen-bond donors (Lipinski definition) is 1. The minimum absolute atomic E-state index is 0.0482. The van der Waals surface area contributed by atoms with E-state index in [-0.39, 0.29) is 11.0 Å². The number of sulfonamides is 1. The van der Waals surface area contributed by atoms with Crippen molar-refractivity contribution in [1.29, 1.82) is 0 Å². The van der Waals surface area contributed by atoms with E-state index in [2.05, 4.69) is 9.97 Å². The second-order valence-corrected chi connectivity index (χ2v) is 7.60. The Labute approximate surface area is 97.8 Å². The predicted octanol–water partition coefficient (Wildman–Crippen LogP) is -0.126. The molecule has 0 bridgehead atoms. The van der Waals surface area contributed by atoms with Gasteiger partial charge in [-0.1, -0.05) is 11.6 Å². The number of rotatable bonds is 4. The van der Waals surface area contributed by atoms with Crippen LogP contribution in [0.1, 0.15) is 0 Å². The molecular weight excluding hydrogens is 278 g/mol. The molecular formula is C6H8ClN3O4S2. The molecule has 16 heavy (non-hydrogen) atoms. The van der Waals surface area contributed by atoms with E-state index in [1.54, 1.807) is 0 Å². The molecule has 0 saturated heterocycles. The lowest BCUT2D eigenvalue weighted by Crippen LogP contribution is -2.22. The normalized spacial score (nSPS) is 12.4. The zero-order chi connectivity index (χ0) is 12.4. The Balaban J connectivity index is 2.90. The minimum atomic E-state index is -4.00. The summed E-state index contributed by atoms with van der Waals surface area (Å²) < 4.78 is 46.3. The largest absolute Gasteiger partial charge is 0.266 e. The first-order chi connectivity index (χ1) is 7.18. The molecule has 1 heterocycles. The van der Waals surface area contributed by atoms with E-state index in [4.69, 9.17) is 11.6 Å². The summed E-state index contributed by atoms with van der Waals surface area (Å²) in [5.41, 5.74) is 0. The third-order valence-corrected chi connectivity index (χ3v) is 4.94. The fourth-order valence-corrected chi connectivity index (χ4v) is 3.93. The summed E-state index contributed by atoms with van der Waals surface area (Å²) >= 11 is 5.50. The second-order valence-electron chi connectivity index (χ2n) is 2.99. The fraction of sp³-hybridized carbons (Fsp3) is 0.333. The molecule has 0 aromatic carbocycles. The van der Waals surface area contributed by atoms with Crippen LogP contribution in [0.25, 0.3) is 0 Å². The van der Waals surface area contributed by atoms with Gasteiger partial charge in [0.15, 0.2) is 14.9 Å². The third kappa shape index (κ3) is 4.73. The first-order valence-electron chi connectivity index (χ1n) is 3.84. The molecule has 0 atom stereocenters. The molecule has 0 radical (unpaired) electrons. The molecule has 1 N–H and O–H groups in total. The maximum atomic E-state index is 11.3. The van der Waals surface area contributed by atoms with Gasteiger partial charge in [0.1, 0.15) is 17.3 Å². The lowest BCUT2D eigenvalue weighted by molar-refractivity contribution is 0.595. The van der Waals surface area contributed by atoms with Crippen molar-refractivity contribution >= 4 is 37.3 Å². The van der Waals surface area contributed by atoms with E-state index in [1.807, 2.05) is 4.72 Å². The highest BCUT2D eigenvalue weighted by Gasteiger charge is 2.18. The number of nitrogens with zero attached hydrogens (tertiary/aromatic N) is 2. The maximum absolute atomic E-state index is 11.3. The molecule has 1 aromatic heterocycles. The van der Waals surface area contributed by atoms with Gasteiger partial charge in [-0.3, -0.25) is 4.72 Å². The maximum Gasteiger partial charge on any atom is 0.248 e. The number of halogens is 1. The Morgan fingerprint density at radius 3 is 2.44 bits per heavy atom. The van der Waals surface area contributed by atoms with Crippen LogP contribution in [-0.2, 0) is 19.9 Å². The summed E-state index contributed by atoms with van der Waals surface area (Å²) in [7, 11) is -7.63. The third-order valence-electron chi connectivity index (χ3n) is 1.26. The van der Waals surface area contributed by atoms with Gasteiger partial charge in [-0.25, -0.2) is 26.8 Å². The molecule has 90 valence electrons. The van der Waals surface area contributed by atoms with Gasteiger partial charge < -0.3 is 0 Å². The van der Waals surface area contributed by atoms with Gasteiger partial charge in [0, 0.05) is 12.3 Å². The SMILES string of the molecule is CS(=O)(=O)CS(=O)(=O)Nc1cc(Cl)ncn1. The highest BCUT2D eigenvalue weighted by molar-refractivity contribution is 8.08. The van der Waals surface area contributed by atoms with Crippen molar-refractivity contribution in [2.75, 3.05) is 16.1 Å². The van der Waals surface area contributed by atoms with Crippen LogP contribution < -0.4 is 4.72 Å². The van der Waals surface area contributed by atoms with Gasteiger partial charge in [0.25, 0.3) is 0 Å². The average molecular weight is 286 g/mol. The van der Waals surface area contributed by atoms with E-state index in [0.29, 0.717) is 0 Å². The van der Waals surface area contributed by atoms with Crippen molar-refractivity contribution in [1.82, 2.24) is 9.97 Å². The fourth-order valence-electron chi connectivity index (χ4n) is 0.860.